The first-order valence-electron chi connectivity index (χ1n) is 7.79. The Morgan fingerprint density at radius 1 is 1.17 bits per heavy atom. The molecule has 0 amide bonds. The zero-order valence-electron chi connectivity index (χ0n) is 12.6. The van der Waals surface area contributed by atoms with Crippen molar-refractivity contribution in [3.05, 3.63) is 71.8 Å². The summed E-state index contributed by atoms with van der Waals surface area (Å²) in [7, 11) is 0. The average molecular weight is 311 g/mol. The third kappa shape index (κ3) is 2.73. The molecule has 2 aromatic heterocycles. The lowest BCUT2D eigenvalue weighted by Crippen LogP contribution is -2.24. The molecule has 3 aromatic rings. The van der Waals surface area contributed by atoms with Crippen LogP contribution in [-0.2, 0) is 6.54 Å². The van der Waals surface area contributed by atoms with Crippen molar-refractivity contribution in [3.8, 4) is 0 Å². The van der Waals surface area contributed by atoms with Gasteiger partial charge in [0.05, 0.1) is 17.8 Å². The highest BCUT2D eigenvalue weighted by Crippen LogP contribution is 2.34. The molecule has 4 rings (SSSR count). The number of likely N-dealkylation sites (tertiary alicyclic amines) is 1. The fourth-order valence-corrected chi connectivity index (χ4v) is 3.41. The van der Waals surface area contributed by atoms with Gasteiger partial charge in [0.25, 0.3) is 0 Å². The first-order valence-corrected chi connectivity index (χ1v) is 7.79. The van der Waals surface area contributed by atoms with Crippen LogP contribution in [0.1, 0.15) is 23.6 Å². The van der Waals surface area contributed by atoms with Gasteiger partial charge in [0.1, 0.15) is 5.82 Å². The smallest absolute Gasteiger partial charge is 0.123 e. The van der Waals surface area contributed by atoms with Gasteiger partial charge in [0.2, 0.25) is 0 Å². The van der Waals surface area contributed by atoms with E-state index in [2.05, 4.69) is 10.00 Å². The fraction of sp³-hybridized carbons (Fsp3) is 0.278. The second kappa shape index (κ2) is 5.76. The summed E-state index contributed by atoms with van der Waals surface area (Å²) in [6.45, 7) is 1.33. The highest BCUT2D eigenvalue weighted by Gasteiger charge is 2.32. The van der Waals surface area contributed by atoms with Crippen LogP contribution >= 0.6 is 0 Å². The molecule has 0 spiro atoms. The number of aliphatic hydroxyl groups excluding tert-OH is 1. The largest absolute Gasteiger partial charge is 0.392 e. The Morgan fingerprint density at radius 3 is 2.83 bits per heavy atom. The van der Waals surface area contributed by atoms with Crippen molar-refractivity contribution in [1.82, 2.24) is 14.5 Å². The Hall–Kier alpha value is -2.24. The molecule has 0 aliphatic carbocycles. The summed E-state index contributed by atoms with van der Waals surface area (Å²) >= 11 is 0. The Labute approximate surface area is 133 Å². The van der Waals surface area contributed by atoms with E-state index < -0.39 is 0 Å². The summed E-state index contributed by atoms with van der Waals surface area (Å²) in [6.07, 6.45) is 4.12. The normalized spacial score (nSPS) is 22.0. The molecule has 0 bridgehead atoms. The van der Waals surface area contributed by atoms with Crippen LogP contribution in [0, 0.1) is 5.82 Å². The quantitative estimate of drug-likeness (QED) is 0.808. The molecule has 1 fully saturated rings. The van der Waals surface area contributed by atoms with E-state index >= 15 is 0 Å². The molecule has 1 aliphatic heterocycles. The molecular weight excluding hydrogens is 293 g/mol. The number of hydrogen-bond donors (Lipinski definition) is 1. The number of nitrogens with zero attached hydrogens (tertiary/aromatic N) is 3. The van der Waals surface area contributed by atoms with Crippen LogP contribution in [0.3, 0.4) is 0 Å². The molecule has 1 aliphatic rings. The number of halogens is 1. The van der Waals surface area contributed by atoms with Gasteiger partial charge >= 0.3 is 0 Å². The van der Waals surface area contributed by atoms with Gasteiger partial charge in [-0.25, -0.2) is 8.91 Å². The first kappa shape index (κ1) is 14.4. The molecule has 2 atom stereocenters. The number of rotatable bonds is 3. The summed E-state index contributed by atoms with van der Waals surface area (Å²) in [5.74, 6) is -0.235. The van der Waals surface area contributed by atoms with Crippen LogP contribution in [0.4, 0.5) is 4.39 Å². The highest BCUT2D eigenvalue weighted by molar-refractivity contribution is 5.53. The summed E-state index contributed by atoms with van der Waals surface area (Å²) < 4.78 is 15.0. The lowest BCUT2D eigenvalue weighted by Gasteiger charge is -2.24. The summed E-state index contributed by atoms with van der Waals surface area (Å²) in [5, 5.41) is 14.5. The number of fused-ring (bicyclic) bond motifs is 1. The van der Waals surface area contributed by atoms with Crippen molar-refractivity contribution in [2.45, 2.75) is 25.1 Å². The summed E-state index contributed by atoms with van der Waals surface area (Å²) in [5.41, 5.74) is 3.25. The minimum Gasteiger partial charge on any atom is -0.392 e. The van der Waals surface area contributed by atoms with Crippen molar-refractivity contribution >= 4 is 5.52 Å². The van der Waals surface area contributed by atoms with Gasteiger partial charge < -0.3 is 5.11 Å². The van der Waals surface area contributed by atoms with Crippen LogP contribution in [0.15, 0.2) is 54.9 Å². The second-order valence-corrected chi connectivity index (χ2v) is 6.09. The third-order valence-corrected chi connectivity index (χ3v) is 4.52. The lowest BCUT2D eigenvalue weighted by atomic mass is 10.0. The van der Waals surface area contributed by atoms with Gasteiger partial charge in [-0.15, -0.1) is 0 Å². The molecule has 1 saturated heterocycles. The van der Waals surface area contributed by atoms with Crippen molar-refractivity contribution < 1.29 is 9.50 Å². The molecule has 4 nitrogen and oxygen atoms in total. The predicted octanol–water partition coefficient (Wildman–Crippen LogP) is 2.78. The third-order valence-electron chi connectivity index (χ3n) is 4.52. The van der Waals surface area contributed by atoms with Gasteiger partial charge in [0, 0.05) is 30.9 Å². The standard InChI is InChI=1S/C18H18FN3O/c19-15-6-4-13(5-7-15)18-9-16(23)12-21(18)11-14-10-20-22-8-2-1-3-17(14)22/h1-8,10,16,18,23H,9,11-12H2/t16-,18+/m0/s1. The lowest BCUT2D eigenvalue weighted by molar-refractivity contribution is 0.173. The maximum atomic E-state index is 13.2. The van der Waals surface area contributed by atoms with Gasteiger partial charge in [-0.1, -0.05) is 18.2 Å². The summed E-state index contributed by atoms with van der Waals surface area (Å²) in [4.78, 5) is 2.24. The molecule has 1 aromatic carbocycles. The molecule has 3 heterocycles. The fourth-order valence-electron chi connectivity index (χ4n) is 3.41. The van der Waals surface area contributed by atoms with Gasteiger partial charge in [-0.2, -0.15) is 5.10 Å². The van der Waals surface area contributed by atoms with Gasteiger partial charge in [0.15, 0.2) is 0 Å². The maximum Gasteiger partial charge on any atom is 0.123 e. The predicted molar refractivity (Wildman–Crippen MR) is 85.4 cm³/mol. The number of hydrogen-bond acceptors (Lipinski definition) is 3. The van der Waals surface area contributed by atoms with Gasteiger partial charge in [-0.3, -0.25) is 4.90 Å². The molecule has 118 valence electrons. The number of aliphatic hydroxyl groups is 1. The molecule has 0 unspecified atom stereocenters. The van der Waals surface area contributed by atoms with E-state index in [9.17, 15) is 9.50 Å². The number of benzene rings is 1. The SMILES string of the molecule is O[C@H]1C[C@H](c2ccc(F)cc2)N(Cc2cnn3ccccc23)C1. The van der Waals surface area contributed by atoms with Crippen molar-refractivity contribution in [3.63, 3.8) is 0 Å². The van der Waals surface area contributed by atoms with Gasteiger partial charge in [-0.05, 0) is 36.2 Å². The number of β-amino-alcohol motifs (C(OH)–C–C–N with tert-alkyl or cyclic N) is 1. The zero-order valence-corrected chi connectivity index (χ0v) is 12.6. The van der Waals surface area contributed by atoms with Crippen LogP contribution < -0.4 is 0 Å². The Morgan fingerprint density at radius 2 is 2.00 bits per heavy atom. The van der Waals surface area contributed by atoms with E-state index in [0.717, 1.165) is 16.6 Å². The topological polar surface area (TPSA) is 40.8 Å². The van der Waals surface area contributed by atoms with Crippen LogP contribution in [0.2, 0.25) is 0 Å². The van der Waals surface area contributed by atoms with Crippen LogP contribution in [0.5, 0.6) is 0 Å². The van der Waals surface area contributed by atoms with E-state index in [0.29, 0.717) is 19.5 Å². The van der Waals surface area contributed by atoms with E-state index in [1.807, 2.05) is 35.1 Å². The Balaban J connectivity index is 1.62. The van der Waals surface area contributed by atoms with E-state index in [1.54, 1.807) is 12.1 Å². The van der Waals surface area contributed by atoms with Crippen molar-refractivity contribution in [1.29, 1.82) is 0 Å². The average Bonchev–Trinajstić information content (AvgIpc) is 3.13. The Bertz CT molecular complexity index is 815. The second-order valence-electron chi connectivity index (χ2n) is 6.09. The highest BCUT2D eigenvalue weighted by atomic mass is 19.1. The van der Waals surface area contributed by atoms with Crippen molar-refractivity contribution in [2.75, 3.05) is 6.54 Å². The minimum atomic E-state index is -0.355. The minimum absolute atomic E-state index is 0.101. The number of aromatic nitrogens is 2. The number of pyridine rings is 1. The first-order chi connectivity index (χ1) is 11.2. The van der Waals surface area contributed by atoms with E-state index in [4.69, 9.17) is 0 Å². The molecule has 0 saturated carbocycles. The maximum absolute atomic E-state index is 13.2. The Kier molecular flexibility index (Phi) is 3.59. The van der Waals surface area contributed by atoms with E-state index in [-0.39, 0.29) is 18.0 Å². The molecule has 0 radical (unpaired) electrons. The van der Waals surface area contributed by atoms with E-state index in [1.165, 1.54) is 12.1 Å². The van der Waals surface area contributed by atoms with Crippen LogP contribution in [-0.4, -0.2) is 32.3 Å². The molecular formula is C18H18FN3O. The molecule has 5 heteroatoms. The summed E-state index contributed by atoms with van der Waals surface area (Å²) in [6, 6.07) is 12.7. The zero-order chi connectivity index (χ0) is 15.8. The molecule has 1 N–H and O–H groups in total. The van der Waals surface area contributed by atoms with Crippen molar-refractivity contribution in [2.24, 2.45) is 0 Å². The molecule has 23 heavy (non-hydrogen) atoms. The van der Waals surface area contributed by atoms with Crippen LogP contribution in [0.25, 0.3) is 5.52 Å². The monoisotopic (exact) mass is 311 g/mol.